The first kappa shape index (κ1) is 16.2. The molecule has 1 aliphatic heterocycles. The summed E-state index contributed by atoms with van der Waals surface area (Å²) in [7, 11) is 0. The summed E-state index contributed by atoms with van der Waals surface area (Å²) in [5.41, 5.74) is -1.40. The van der Waals surface area contributed by atoms with Crippen molar-refractivity contribution in [3.05, 3.63) is 59.2 Å². The molecular weight excluding hydrogens is 452 g/mol. The number of hydrogen-bond acceptors (Lipinski definition) is 7. The van der Waals surface area contributed by atoms with E-state index in [1.165, 1.54) is 0 Å². The third kappa shape index (κ3) is 4.12. The van der Waals surface area contributed by atoms with Gasteiger partial charge in [-0.25, -0.2) is 23.7 Å². The standard InChI is InChI=1S/C25H25F2N7O/c1-13-10-33(12-21(35-13)16-9-28-34(11-16)18-5-6-18)25-31-22(19-7-4-17(26)8-20(19)27)23-24(32-25)30-15(3)14(2)29-23/h4,7-9,11,13,18,21H,5-6,10,12H2,1-3H3/t13-,21+/m0/s1/i2D3,3D3. The summed E-state index contributed by atoms with van der Waals surface area (Å²) in [6.07, 6.45) is 5.19. The molecule has 1 aliphatic carbocycles. The molecule has 0 bridgehead atoms. The van der Waals surface area contributed by atoms with E-state index < -0.39 is 42.8 Å². The van der Waals surface area contributed by atoms with Gasteiger partial charge in [-0.05, 0) is 45.6 Å². The predicted molar refractivity (Wildman–Crippen MR) is 126 cm³/mol. The minimum absolute atomic E-state index is 0.0818. The molecule has 2 aliphatic rings. The van der Waals surface area contributed by atoms with Crippen molar-refractivity contribution in [2.45, 2.75) is 51.7 Å². The lowest BCUT2D eigenvalue weighted by Crippen LogP contribution is -2.43. The van der Waals surface area contributed by atoms with Gasteiger partial charge in [0.25, 0.3) is 0 Å². The second-order valence-electron chi connectivity index (χ2n) is 8.91. The molecule has 0 radical (unpaired) electrons. The SMILES string of the molecule is [2H]C([2H])([2H])c1nc2nc(N3C[C@H](C)O[C@@H](c4cnn(C5CC5)c4)C3)nc(-c3ccc(F)cc3F)c2nc1C([2H])([2H])[2H]. The Kier molecular flexibility index (Phi) is 3.84. The Morgan fingerprint density at radius 1 is 1.06 bits per heavy atom. The fraction of sp³-hybridized carbons (Fsp3) is 0.400. The number of rotatable bonds is 4. The van der Waals surface area contributed by atoms with Crippen LogP contribution in [0.2, 0.25) is 0 Å². The molecule has 8 nitrogen and oxygen atoms in total. The van der Waals surface area contributed by atoms with Gasteiger partial charge in [0.15, 0.2) is 5.65 Å². The summed E-state index contributed by atoms with van der Waals surface area (Å²) in [5, 5.41) is 4.45. The molecule has 4 aromatic rings. The number of morpholine rings is 1. The largest absolute Gasteiger partial charge is 0.367 e. The maximum Gasteiger partial charge on any atom is 0.228 e. The van der Waals surface area contributed by atoms with Crippen LogP contribution in [-0.2, 0) is 4.74 Å². The van der Waals surface area contributed by atoms with Gasteiger partial charge in [0.2, 0.25) is 5.95 Å². The van der Waals surface area contributed by atoms with E-state index in [2.05, 4.69) is 25.0 Å². The molecule has 1 saturated carbocycles. The van der Waals surface area contributed by atoms with E-state index in [-0.39, 0.29) is 34.5 Å². The summed E-state index contributed by atoms with van der Waals surface area (Å²) in [6, 6.07) is 3.25. The molecule has 180 valence electrons. The van der Waals surface area contributed by atoms with Crippen LogP contribution in [0, 0.1) is 25.3 Å². The molecule has 0 amide bonds. The second-order valence-corrected chi connectivity index (χ2v) is 8.91. The topological polar surface area (TPSA) is 81.9 Å². The van der Waals surface area contributed by atoms with E-state index in [0.29, 0.717) is 25.2 Å². The van der Waals surface area contributed by atoms with Crippen molar-refractivity contribution < 1.29 is 21.7 Å². The molecule has 0 unspecified atom stereocenters. The van der Waals surface area contributed by atoms with Crippen molar-refractivity contribution in [1.29, 1.82) is 0 Å². The van der Waals surface area contributed by atoms with Crippen molar-refractivity contribution in [3.63, 3.8) is 0 Å². The van der Waals surface area contributed by atoms with Crippen LogP contribution in [0.25, 0.3) is 22.4 Å². The number of aromatic nitrogens is 6. The Labute approximate surface area is 209 Å². The quantitative estimate of drug-likeness (QED) is 0.423. The van der Waals surface area contributed by atoms with Gasteiger partial charge in [0.05, 0.1) is 36.3 Å². The first-order chi connectivity index (χ1) is 19.3. The van der Waals surface area contributed by atoms with Gasteiger partial charge in [-0.2, -0.15) is 10.1 Å². The van der Waals surface area contributed by atoms with Crippen LogP contribution < -0.4 is 4.90 Å². The lowest BCUT2D eigenvalue weighted by atomic mass is 10.1. The second kappa shape index (κ2) is 8.30. The first-order valence-corrected chi connectivity index (χ1v) is 11.3. The maximum atomic E-state index is 15.1. The van der Waals surface area contributed by atoms with Crippen molar-refractivity contribution in [2.24, 2.45) is 0 Å². The third-order valence-electron chi connectivity index (χ3n) is 6.16. The number of nitrogens with zero attached hydrogens (tertiary/aromatic N) is 7. The summed E-state index contributed by atoms with van der Waals surface area (Å²) >= 11 is 0. The average molecular weight is 484 g/mol. The zero-order valence-electron chi connectivity index (χ0n) is 24.7. The number of fused-ring (bicyclic) bond motifs is 1. The third-order valence-corrected chi connectivity index (χ3v) is 6.16. The normalized spacial score (nSPS) is 23.8. The van der Waals surface area contributed by atoms with E-state index in [0.717, 1.165) is 30.5 Å². The summed E-state index contributed by atoms with van der Waals surface area (Å²) in [5.74, 6) is -1.70. The highest BCUT2D eigenvalue weighted by atomic mass is 19.1. The van der Waals surface area contributed by atoms with Crippen LogP contribution in [-0.4, -0.2) is 48.9 Å². The number of aryl methyl sites for hydroxylation is 2. The van der Waals surface area contributed by atoms with Crippen molar-refractivity contribution in [3.8, 4) is 11.3 Å². The monoisotopic (exact) mass is 483 g/mol. The number of hydrogen-bond donors (Lipinski definition) is 0. The summed E-state index contributed by atoms with van der Waals surface area (Å²) in [4.78, 5) is 19.1. The predicted octanol–water partition coefficient (Wildman–Crippen LogP) is 4.48. The van der Waals surface area contributed by atoms with Gasteiger partial charge in [-0.15, -0.1) is 0 Å². The minimum Gasteiger partial charge on any atom is -0.367 e. The van der Waals surface area contributed by atoms with Crippen LogP contribution >= 0.6 is 0 Å². The van der Waals surface area contributed by atoms with Gasteiger partial charge < -0.3 is 9.64 Å². The van der Waals surface area contributed by atoms with Crippen LogP contribution in [0.15, 0.2) is 30.6 Å². The minimum atomic E-state index is -2.94. The lowest BCUT2D eigenvalue weighted by Gasteiger charge is -2.36. The van der Waals surface area contributed by atoms with Gasteiger partial charge in [-0.3, -0.25) is 4.68 Å². The zero-order valence-corrected chi connectivity index (χ0v) is 18.7. The highest BCUT2D eigenvalue weighted by Crippen LogP contribution is 2.36. The molecule has 2 atom stereocenters. The highest BCUT2D eigenvalue weighted by molar-refractivity contribution is 5.88. The van der Waals surface area contributed by atoms with Crippen molar-refractivity contribution in [2.75, 3.05) is 18.0 Å². The Morgan fingerprint density at radius 3 is 2.66 bits per heavy atom. The molecule has 35 heavy (non-hydrogen) atoms. The van der Waals surface area contributed by atoms with Gasteiger partial charge >= 0.3 is 0 Å². The van der Waals surface area contributed by atoms with E-state index >= 15 is 4.39 Å². The number of benzene rings is 1. The molecule has 2 fully saturated rings. The first-order valence-electron chi connectivity index (χ1n) is 14.3. The number of ether oxygens (including phenoxy) is 1. The highest BCUT2D eigenvalue weighted by Gasteiger charge is 2.32. The van der Waals surface area contributed by atoms with Gasteiger partial charge in [0.1, 0.15) is 28.9 Å². The van der Waals surface area contributed by atoms with Crippen LogP contribution in [0.4, 0.5) is 14.7 Å². The zero-order chi connectivity index (χ0) is 29.3. The maximum absolute atomic E-state index is 15.1. The fourth-order valence-electron chi connectivity index (χ4n) is 4.30. The van der Waals surface area contributed by atoms with Crippen LogP contribution in [0.1, 0.15) is 57.1 Å². The Balaban J connectivity index is 1.51. The van der Waals surface area contributed by atoms with E-state index in [1.807, 2.05) is 17.8 Å². The smallest absolute Gasteiger partial charge is 0.228 e. The molecule has 10 heteroatoms. The van der Waals surface area contributed by atoms with E-state index in [1.54, 1.807) is 11.1 Å². The lowest BCUT2D eigenvalue weighted by molar-refractivity contribution is -0.0178. The Bertz CT molecular complexity index is 1640. The molecular formula is C25H25F2N7O. The summed E-state index contributed by atoms with van der Waals surface area (Å²) in [6.45, 7) is -3.35. The van der Waals surface area contributed by atoms with Crippen LogP contribution in [0.3, 0.4) is 0 Å². The van der Waals surface area contributed by atoms with E-state index in [4.69, 9.17) is 13.0 Å². The average Bonchev–Trinajstić information content (AvgIpc) is 3.62. The molecule has 3 aromatic heterocycles. The Hall–Kier alpha value is -3.53. The molecule has 1 aromatic carbocycles. The summed E-state index contributed by atoms with van der Waals surface area (Å²) < 4.78 is 84.2. The van der Waals surface area contributed by atoms with Crippen molar-refractivity contribution >= 4 is 17.1 Å². The molecule has 1 saturated heterocycles. The van der Waals surface area contributed by atoms with Crippen molar-refractivity contribution in [1.82, 2.24) is 29.7 Å². The Morgan fingerprint density at radius 2 is 1.89 bits per heavy atom. The fourth-order valence-corrected chi connectivity index (χ4v) is 4.30. The molecule has 0 N–H and O–H groups in total. The van der Waals surface area contributed by atoms with Gasteiger partial charge in [0, 0.05) is 38.2 Å². The molecule has 6 rings (SSSR count). The van der Waals surface area contributed by atoms with Gasteiger partial charge in [-0.1, -0.05) is 0 Å². The molecule has 4 heterocycles. The van der Waals surface area contributed by atoms with E-state index in [9.17, 15) is 4.39 Å². The van der Waals surface area contributed by atoms with Crippen LogP contribution in [0.5, 0.6) is 0 Å². The molecule has 0 spiro atoms. The number of halogens is 2. The number of anilines is 1.